The van der Waals surface area contributed by atoms with Crippen molar-refractivity contribution < 1.29 is 4.74 Å². The van der Waals surface area contributed by atoms with E-state index in [1.165, 1.54) is 30.0 Å². The van der Waals surface area contributed by atoms with Crippen LogP contribution >= 0.6 is 11.3 Å². The molecule has 1 aromatic rings. The summed E-state index contributed by atoms with van der Waals surface area (Å²) in [6, 6.07) is 0.645. The third-order valence-corrected chi connectivity index (χ3v) is 4.68. The summed E-state index contributed by atoms with van der Waals surface area (Å²) in [5.74, 6) is 0. The summed E-state index contributed by atoms with van der Waals surface area (Å²) in [7, 11) is 1.77. The lowest BCUT2D eigenvalue weighted by Crippen LogP contribution is -2.38. The summed E-state index contributed by atoms with van der Waals surface area (Å²) in [6.07, 6.45) is 2.60. The Morgan fingerprint density at radius 1 is 1.47 bits per heavy atom. The van der Waals surface area contributed by atoms with E-state index < -0.39 is 0 Å². The second-order valence-electron chi connectivity index (χ2n) is 5.26. The summed E-state index contributed by atoms with van der Waals surface area (Å²) >= 11 is 1.82. The van der Waals surface area contributed by atoms with Gasteiger partial charge in [0, 0.05) is 37.7 Å². The summed E-state index contributed by atoms with van der Waals surface area (Å²) < 4.78 is 5.24. The molecule has 5 heteroatoms. The predicted octanol–water partition coefficient (Wildman–Crippen LogP) is 1.96. The van der Waals surface area contributed by atoms with E-state index in [0.29, 0.717) is 6.04 Å². The molecule has 1 unspecified atom stereocenters. The minimum absolute atomic E-state index is 0.645. The Kier molecular flexibility index (Phi) is 5.76. The molecule has 0 aliphatic carbocycles. The van der Waals surface area contributed by atoms with Crippen LogP contribution in [0.5, 0.6) is 0 Å². The van der Waals surface area contributed by atoms with Crippen LogP contribution in [0.15, 0.2) is 0 Å². The normalized spacial score (nSPS) is 19.5. The summed E-state index contributed by atoms with van der Waals surface area (Å²) in [5.41, 5.74) is 1.18. The molecular weight excluding hydrogens is 258 g/mol. The average molecular weight is 283 g/mol. The molecule has 0 saturated carbocycles. The Labute approximate surface area is 120 Å². The van der Waals surface area contributed by atoms with Gasteiger partial charge in [-0.05, 0) is 33.2 Å². The number of aromatic nitrogens is 1. The molecule has 1 aliphatic rings. The van der Waals surface area contributed by atoms with E-state index in [1.807, 2.05) is 11.3 Å². The molecule has 0 bridgehead atoms. The molecule has 1 N–H and O–H groups in total. The van der Waals surface area contributed by atoms with E-state index in [2.05, 4.69) is 29.0 Å². The summed E-state index contributed by atoms with van der Waals surface area (Å²) in [5, 5.41) is 4.74. The zero-order chi connectivity index (χ0) is 13.7. The van der Waals surface area contributed by atoms with E-state index in [9.17, 15) is 0 Å². The molecule has 1 aromatic heterocycles. The second-order valence-corrected chi connectivity index (χ2v) is 6.55. The molecule has 0 aromatic carbocycles. The average Bonchev–Trinajstić information content (AvgIpc) is 2.97. The van der Waals surface area contributed by atoms with Gasteiger partial charge in [0.1, 0.15) is 0 Å². The number of rotatable bonds is 7. The van der Waals surface area contributed by atoms with Crippen LogP contribution < -0.4 is 5.32 Å². The molecule has 4 nitrogen and oxygen atoms in total. The molecule has 19 heavy (non-hydrogen) atoms. The molecule has 1 fully saturated rings. The smallest absolute Gasteiger partial charge is 0.0900 e. The van der Waals surface area contributed by atoms with Crippen molar-refractivity contribution in [1.29, 1.82) is 0 Å². The van der Waals surface area contributed by atoms with Crippen LogP contribution in [0, 0.1) is 13.8 Å². The first-order chi connectivity index (χ1) is 9.19. The first kappa shape index (κ1) is 14.9. The Hall–Kier alpha value is -0.490. The fourth-order valence-electron chi connectivity index (χ4n) is 2.60. The maximum absolute atomic E-state index is 5.24. The van der Waals surface area contributed by atoms with Gasteiger partial charge in [0.2, 0.25) is 0 Å². The molecule has 108 valence electrons. The molecule has 0 amide bonds. The van der Waals surface area contributed by atoms with Crippen molar-refractivity contribution in [3.63, 3.8) is 0 Å². The van der Waals surface area contributed by atoms with Gasteiger partial charge in [-0.3, -0.25) is 4.90 Å². The largest absolute Gasteiger partial charge is 0.383 e. The number of hydrogen-bond acceptors (Lipinski definition) is 5. The van der Waals surface area contributed by atoms with Crippen LogP contribution in [-0.2, 0) is 11.3 Å². The van der Waals surface area contributed by atoms with Crippen LogP contribution in [0.1, 0.15) is 28.4 Å². The van der Waals surface area contributed by atoms with Gasteiger partial charge in [-0.25, -0.2) is 4.98 Å². The lowest BCUT2D eigenvalue weighted by atomic mass is 10.2. The van der Waals surface area contributed by atoms with E-state index in [-0.39, 0.29) is 0 Å². The van der Waals surface area contributed by atoms with E-state index >= 15 is 0 Å². The molecule has 1 saturated heterocycles. The van der Waals surface area contributed by atoms with Gasteiger partial charge in [-0.1, -0.05) is 0 Å². The predicted molar refractivity (Wildman–Crippen MR) is 79.8 cm³/mol. The van der Waals surface area contributed by atoms with E-state index in [4.69, 9.17) is 4.74 Å². The van der Waals surface area contributed by atoms with Crippen molar-refractivity contribution in [2.24, 2.45) is 0 Å². The fourth-order valence-corrected chi connectivity index (χ4v) is 3.58. The van der Waals surface area contributed by atoms with Crippen molar-refractivity contribution in [3.05, 3.63) is 15.6 Å². The van der Waals surface area contributed by atoms with Crippen molar-refractivity contribution in [2.45, 2.75) is 39.3 Å². The first-order valence-electron chi connectivity index (χ1n) is 7.06. The maximum atomic E-state index is 5.24. The highest BCUT2D eigenvalue weighted by atomic mass is 32.1. The number of thiazole rings is 1. The third kappa shape index (κ3) is 4.53. The number of ether oxygens (including phenoxy) is 1. The lowest BCUT2D eigenvalue weighted by Gasteiger charge is -2.25. The number of nitrogens with zero attached hydrogens (tertiary/aromatic N) is 2. The minimum atomic E-state index is 0.645. The van der Waals surface area contributed by atoms with Crippen LogP contribution in [0.4, 0.5) is 0 Å². The Balaban J connectivity index is 1.93. The minimum Gasteiger partial charge on any atom is -0.383 e. The van der Waals surface area contributed by atoms with Gasteiger partial charge < -0.3 is 10.1 Å². The van der Waals surface area contributed by atoms with Gasteiger partial charge in [0.05, 0.1) is 17.3 Å². The molecule has 1 aliphatic heterocycles. The number of methoxy groups -OCH3 is 1. The quantitative estimate of drug-likeness (QED) is 0.830. The molecule has 2 heterocycles. The Morgan fingerprint density at radius 3 is 2.89 bits per heavy atom. The molecule has 0 spiro atoms. The third-order valence-electron chi connectivity index (χ3n) is 3.62. The second kappa shape index (κ2) is 7.33. The molecule has 1 atom stereocenters. The SMILES string of the molecule is COCCN(Cc1sc(C)nc1C)CC1CCCN1. The van der Waals surface area contributed by atoms with E-state index in [1.54, 1.807) is 7.11 Å². The topological polar surface area (TPSA) is 37.4 Å². The highest BCUT2D eigenvalue weighted by Crippen LogP contribution is 2.20. The first-order valence-corrected chi connectivity index (χ1v) is 7.88. The molecular formula is C14H25N3OS. The van der Waals surface area contributed by atoms with Crippen LogP contribution in [0.25, 0.3) is 0 Å². The Bertz CT molecular complexity index is 388. The lowest BCUT2D eigenvalue weighted by molar-refractivity contribution is 0.138. The Morgan fingerprint density at radius 2 is 2.32 bits per heavy atom. The van der Waals surface area contributed by atoms with Crippen molar-refractivity contribution >= 4 is 11.3 Å². The van der Waals surface area contributed by atoms with E-state index in [0.717, 1.165) is 31.2 Å². The molecule has 0 radical (unpaired) electrons. The van der Waals surface area contributed by atoms with Crippen LogP contribution in [0.2, 0.25) is 0 Å². The monoisotopic (exact) mass is 283 g/mol. The standard InChI is InChI=1S/C14H25N3OS/c1-11-14(19-12(2)16-11)10-17(7-8-18-3)9-13-5-4-6-15-13/h13,15H,4-10H2,1-3H3. The molecule has 2 rings (SSSR count). The number of hydrogen-bond donors (Lipinski definition) is 1. The van der Waals surface area contributed by atoms with Gasteiger partial charge in [-0.2, -0.15) is 0 Å². The highest BCUT2D eigenvalue weighted by Gasteiger charge is 2.19. The summed E-state index contributed by atoms with van der Waals surface area (Å²) in [6.45, 7) is 9.26. The van der Waals surface area contributed by atoms with Gasteiger partial charge >= 0.3 is 0 Å². The zero-order valence-corrected chi connectivity index (χ0v) is 13.1. The van der Waals surface area contributed by atoms with Crippen LogP contribution in [-0.4, -0.2) is 49.3 Å². The number of aryl methyl sites for hydroxylation is 2. The van der Waals surface area contributed by atoms with Gasteiger partial charge in [0.25, 0.3) is 0 Å². The van der Waals surface area contributed by atoms with Crippen LogP contribution in [0.3, 0.4) is 0 Å². The zero-order valence-electron chi connectivity index (χ0n) is 12.2. The van der Waals surface area contributed by atoms with Crippen molar-refractivity contribution in [1.82, 2.24) is 15.2 Å². The van der Waals surface area contributed by atoms with Gasteiger partial charge in [0.15, 0.2) is 0 Å². The fraction of sp³-hybridized carbons (Fsp3) is 0.786. The van der Waals surface area contributed by atoms with Crippen molar-refractivity contribution in [2.75, 3.05) is 33.4 Å². The number of nitrogens with one attached hydrogen (secondary N) is 1. The summed E-state index contributed by atoms with van der Waals surface area (Å²) in [4.78, 5) is 8.41. The maximum Gasteiger partial charge on any atom is 0.0900 e. The van der Waals surface area contributed by atoms with Gasteiger partial charge in [-0.15, -0.1) is 11.3 Å². The van der Waals surface area contributed by atoms with Crippen molar-refractivity contribution in [3.8, 4) is 0 Å². The highest BCUT2D eigenvalue weighted by molar-refractivity contribution is 7.11.